The minimum Gasteiger partial charge on any atom is -0.375 e. The van der Waals surface area contributed by atoms with Crippen molar-refractivity contribution in [2.75, 3.05) is 6.54 Å². The van der Waals surface area contributed by atoms with E-state index in [9.17, 15) is 18.0 Å². The molecule has 1 N–H and O–H groups in total. The molecule has 1 amide bonds. The highest BCUT2D eigenvalue weighted by atomic mass is 19.4. The topological polar surface area (TPSA) is 77.2 Å². The van der Waals surface area contributed by atoms with E-state index in [2.05, 4.69) is 20.0 Å². The summed E-state index contributed by atoms with van der Waals surface area (Å²) in [5.74, 6) is -1.47. The largest absolute Gasteiger partial charge is 0.471 e. The van der Waals surface area contributed by atoms with Gasteiger partial charge in [-0.25, -0.2) is 0 Å². The van der Waals surface area contributed by atoms with Crippen LogP contribution in [0.2, 0.25) is 0 Å². The average molecular weight is 367 g/mol. The van der Waals surface area contributed by atoms with Gasteiger partial charge in [-0.15, -0.1) is 0 Å². The van der Waals surface area contributed by atoms with Crippen LogP contribution in [0.15, 0.2) is 28.8 Å². The average Bonchev–Trinajstić information content (AvgIpc) is 3.35. The van der Waals surface area contributed by atoms with Crippen molar-refractivity contribution < 1.29 is 27.2 Å². The summed E-state index contributed by atoms with van der Waals surface area (Å²) < 4.78 is 47.5. The smallest absolute Gasteiger partial charge is 0.375 e. The van der Waals surface area contributed by atoms with Crippen LogP contribution >= 0.6 is 0 Å². The molecule has 1 aromatic heterocycles. The van der Waals surface area contributed by atoms with E-state index in [0.717, 1.165) is 19.3 Å². The first kappa shape index (κ1) is 17.0. The molecule has 4 rings (SSSR count). The van der Waals surface area contributed by atoms with Crippen LogP contribution < -0.4 is 5.32 Å². The SMILES string of the molecule is O=C(NC[C@H]1C[C@H]2CC[C@H]1O2)c1ccc(-c2noc(C(F)(F)F)n2)cc1. The van der Waals surface area contributed by atoms with Crippen LogP contribution in [0.3, 0.4) is 0 Å². The van der Waals surface area contributed by atoms with Gasteiger partial charge in [-0.2, -0.15) is 18.2 Å². The zero-order valence-electron chi connectivity index (χ0n) is 13.6. The second-order valence-corrected chi connectivity index (χ2v) is 6.58. The fraction of sp³-hybridized carbons (Fsp3) is 0.471. The van der Waals surface area contributed by atoms with Crippen LogP contribution in [-0.4, -0.2) is 34.8 Å². The summed E-state index contributed by atoms with van der Waals surface area (Å²) in [5.41, 5.74) is 0.750. The standard InChI is InChI=1S/C17H16F3N3O3/c18-17(19,20)16-22-14(23-26-16)9-1-3-10(4-2-9)15(24)21-8-11-7-12-5-6-13(11)25-12/h1-4,11-13H,5-8H2,(H,21,24)/t11-,12-,13-/m1/s1. The van der Waals surface area contributed by atoms with Crippen LogP contribution in [0.5, 0.6) is 0 Å². The second kappa shape index (κ2) is 6.39. The molecule has 2 aliphatic heterocycles. The molecule has 2 aliphatic rings. The van der Waals surface area contributed by atoms with Crippen molar-refractivity contribution in [1.82, 2.24) is 15.5 Å². The molecule has 0 unspecified atom stereocenters. The Labute approximate surface area is 146 Å². The van der Waals surface area contributed by atoms with E-state index in [1.54, 1.807) is 0 Å². The molecule has 0 aliphatic carbocycles. The van der Waals surface area contributed by atoms with Crippen molar-refractivity contribution in [2.45, 2.75) is 37.6 Å². The first-order chi connectivity index (χ1) is 12.4. The number of carbonyl (C=O) groups excluding carboxylic acids is 1. The van der Waals surface area contributed by atoms with Crippen LogP contribution in [-0.2, 0) is 10.9 Å². The number of halogens is 3. The molecular formula is C17H16F3N3O3. The van der Waals surface area contributed by atoms with Crippen LogP contribution in [0.1, 0.15) is 35.5 Å². The lowest BCUT2D eigenvalue weighted by Gasteiger charge is -2.18. The lowest BCUT2D eigenvalue weighted by atomic mass is 9.89. The number of nitrogens with one attached hydrogen (secondary N) is 1. The Hall–Kier alpha value is -2.42. The molecule has 6 nitrogen and oxygen atoms in total. The summed E-state index contributed by atoms with van der Waals surface area (Å²) in [4.78, 5) is 15.6. The highest BCUT2D eigenvalue weighted by molar-refractivity contribution is 5.94. The number of hydrogen-bond acceptors (Lipinski definition) is 5. The van der Waals surface area contributed by atoms with Gasteiger partial charge in [0.25, 0.3) is 5.91 Å². The van der Waals surface area contributed by atoms with E-state index in [-0.39, 0.29) is 17.8 Å². The van der Waals surface area contributed by atoms with E-state index < -0.39 is 12.1 Å². The maximum atomic E-state index is 12.5. The molecule has 3 heterocycles. The molecule has 0 radical (unpaired) electrons. The van der Waals surface area contributed by atoms with Gasteiger partial charge < -0.3 is 14.6 Å². The van der Waals surface area contributed by atoms with Crippen LogP contribution in [0, 0.1) is 5.92 Å². The number of carbonyl (C=O) groups is 1. The lowest BCUT2D eigenvalue weighted by molar-refractivity contribution is -0.159. The molecule has 0 spiro atoms. The minimum atomic E-state index is -4.69. The quantitative estimate of drug-likeness (QED) is 0.899. The van der Waals surface area contributed by atoms with Gasteiger partial charge in [0.2, 0.25) is 5.82 Å². The molecule has 26 heavy (non-hydrogen) atoms. The summed E-state index contributed by atoms with van der Waals surface area (Å²) >= 11 is 0. The van der Waals surface area contributed by atoms with Crippen LogP contribution in [0.25, 0.3) is 11.4 Å². The predicted octanol–water partition coefficient (Wildman–Crippen LogP) is 3.05. The van der Waals surface area contributed by atoms with E-state index in [0.29, 0.717) is 29.7 Å². The zero-order chi connectivity index (χ0) is 18.3. The van der Waals surface area contributed by atoms with Gasteiger partial charge in [0.05, 0.1) is 12.2 Å². The Balaban J connectivity index is 1.37. The summed E-state index contributed by atoms with van der Waals surface area (Å²) in [7, 11) is 0. The van der Waals surface area contributed by atoms with E-state index in [1.165, 1.54) is 24.3 Å². The van der Waals surface area contributed by atoms with Gasteiger partial charge in [0.1, 0.15) is 0 Å². The highest BCUT2D eigenvalue weighted by Gasteiger charge is 2.40. The molecule has 2 saturated heterocycles. The molecule has 0 saturated carbocycles. The molecular weight excluding hydrogens is 351 g/mol. The normalized spacial score (nSPS) is 24.8. The van der Waals surface area contributed by atoms with Gasteiger partial charge in [-0.3, -0.25) is 4.79 Å². The summed E-state index contributed by atoms with van der Waals surface area (Å²) in [6.07, 6.45) is -0.994. The number of alkyl halides is 3. The Kier molecular flexibility index (Phi) is 4.18. The van der Waals surface area contributed by atoms with Crippen molar-refractivity contribution in [1.29, 1.82) is 0 Å². The first-order valence-electron chi connectivity index (χ1n) is 8.35. The number of benzene rings is 1. The van der Waals surface area contributed by atoms with Gasteiger partial charge in [0.15, 0.2) is 0 Å². The van der Waals surface area contributed by atoms with Crippen molar-refractivity contribution in [3.63, 3.8) is 0 Å². The zero-order valence-corrected chi connectivity index (χ0v) is 13.6. The number of rotatable bonds is 4. The monoisotopic (exact) mass is 367 g/mol. The van der Waals surface area contributed by atoms with Crippen molar-refractivity contribution >= 4 is 5.91 Å². The van der Waals surface area contributed by atoms with E-state index in [4.69, 9.17) is 4.74 Å². The van der Waals surface area contributed by atoms with Crippen molar-refractivity contribution in [3.05, 3.63) is 35.7 Å². The number of nitrogens with zero attached hydrogens (tertiary/aromatic N) is 2. The third kappa shape index (κ3) is 3.31. The van der Waals surface area contributed by atoms with E-state index in [1.807, 2.05) is 0 Å². The molecule has 1 aromatic carbocycles. The van der Waals surface area contributed by atoms with Gasteiger partial charge >= 0.3 is 12.1 Å². The Bertz CT molecular complexity index is 804. The number of fused-ring (bicyclic) bond motifs is 2. The third-order valence-corrected chi connectivity index (χ3v) is 4.83. The highest BCUT2D eigenvalue weighted by Crippen LogP contribution is 2.38. The molecule has 2 bridgehead atoms. The van der Waals surface area contributed by atoms with Crippen molar-refractivity contribution in [3.8, 4) is 11.4 Å². The fourth-order valence-corrected chi connectivity index (χ4v) is 3.51. The molecule has 3 atom stereocenters. The van der Waals surface area contributed by atoms with E-state index >= 15 is 0 Å². The Morgan fingerprint density at radius 1 is 1.23 bits per heavy atom. The molecule has 2 fully saturated rings. The minimum absolute atomic E-state index is 0.177. The predicted molar refractivity (Wildman–Crippen MR) is 83.1 cm³/mol. The number of amides is 1. The number of aromatic nitrogens is 2. The molecule has 2 aromatic rings. The van der Waals surface area contributed by atoms with Crippen molar-refractivity contribution in [2.24, 2.45) is 5.92 Å². The van der Waals surface area contributed by atoms with Gasteiger partial charge in [0, 0.05) is 23.6 Å². The third-order valence-electron chi connectivity index (χ3n) is 4.83. The van der Waals surface area contributed by atoms with Gasteiger partial charge in [-0.1, -0.05) is 17.3 Å². The Morgan fingerprint density at radius 2 is 2.00 bits per heavy atom. The molecule has 9 heteroatoms. The summed E-state index contributed by atoms with van der Waals surface area (Å²) in [5, 5.41) is 6.21. The number of ether oxygens (including phenoxy) is 1. The van der Waals surface area contributed by atoms with Crippen LogP contribution in [0.4, 0.5) is 13.2 Å². The first-order valence-corrected chi connectivity index (χ1v) is 8.35. The molecule has 138 valence electrons. The fourth-order valence-electron chi connectivity index (χ4n) is 3.51. The maximum absolute atomic E-state index is 12.5. The summed E-state index contributed by atoms with van der Waals surface area (Å²) in [6, 6.07) is 6.01. The lowest BCUT2D eigenvalue weighted by Crippen LogP contribution is -2.33. The number of hydrogen-bond donors (Lipinski definition) is 1. The van der Waals surface area contributed by atoms with Gasteiger partial charge in [-0.05, 0) is 31.4 Å². The summed E-state index contributed by atoms with van der Waals surface area (Å²) in [6.45, 7) is 0.557. The maximum Gasteiger partial charge on any atom is 0.471 e. The Morgan fingerprint density at radius 3 is 2.58 bits per heavy atom. The second-order valence-electron chi connectivity index (χ2n) is 6.58.